The lowest BCUT2D eigenvalue weighted by molar-refractivity contribution is -0.174. The SMILES string of the molecule is [2H]C([2H])([2H])Oc1nc(N[C@@H]2CCN(C3(C)COC3)CC2(F)F)nn2ccc(-c3ccc4nnn(CC(F)F)c4c3)c12. The first-order chi connectivity index (χ1) is 19.3. The Hall–Kier alpha value is -3.52. The quantitative estimate of drug-likeness (QED) is 0.359. The molecule has 0 spiro atoms. The zero-order valence-electron chi connectivity index (χ0n) is 23.2. The Balaban J connectivity index is 1.35. The van der Waals surface area contributed by atoms with Gasteiger partial charge in [-0.15, -0.1) is 10.2 Å². The van der Waals surface area contributed by atoms with Crippen LogP contribution in [0.15, 0.2) is 30.5 Å². The molecule has 2 aliphatic heterocycles. The third-order valence-corrected chi connectivity index (χ3v) is 7.20. The number of methoxy groups -OCH3 is 1. The van der Waals surface area contributed by atoms with Gasteiger partial charge in [-0.05, 0) is 37.1 Å². The summed E-state index contributed by atoms with van der Waals surface area (Å²) in [6.07, 6.45) is -1.05. The molecule has 3 aromatic heterocycles. The largest absolute Gasteiger partial charge is 0.479 e. The Labute approximate surface area is 218 Å². The molecule has 1 N–H and O–H groups in total. The first kappa shape index (κ1) is 21.4. The van der Waals surface area contributed by atoms with Crippen LogP contribution < -0.4 is 10.1 Å². The van der Waals surface area contributed by atoms with E-state index in [9.17, 15) is 8.78 Å². The first-order valence-corrected chi connectivity index (χ1v) is 12.0. The third-order valence-electron chi connectivity index (χ3n) is 7.20. The minimum Gasteiger partial charge on any atom is -0.479 e. The van der Waals surface area contributed by atoms with E-state index < -0.39 is 44.1 Å². The van der Waals surface area contributed by atoms with Crippen LogP contribution in [0.1, 0.15) is 17.5 Å². The van der Waals surface area contributed by atoms with Crippen LogP contribution in [0.25, 0.3) is 27.7 Å². The molecule has 0 unspecified atom stereocenters. The smallest absolute Gasteiger partial charge is 0.280 e. The molecule has 2 fully saturated rings. The fraction of sp³-hybridized carbons (Fsp3) is 0.500. The molecule has 5 heterocycles. The van der Waals surface area contributed by atoms with Crippen LogP contribution in [0.3, 0.4) is 0 Å². The van der Waals surface area contributed by atoms with Gasteiger partial charge >= 0.3 is 0 Å². The summed E-state index contributed by atoms with van der Waals surface area (Å²) in [5, 5.41) is 14.7. The summed E-state index contributed by atoms with van der Waals surface area (Å²) >= 11 is 0. The standard InChI is InChI=1S/C24H26F4N8O2/c1-23(12-38-13-23)34-7-6-18(24(27,28)11-34)29-22-30-21(37-2)20-15(5-8-35(20)32-22)14-3-4-16-17(9-14)36(33-31-16)10-19(25)26/h3-5,8-9,18-19H,6-7,10-13H2,1-2H3,(H,29,32)/t18-/m1/s1/i2D3. The highest BCUT2D eigenvalue weighted by atomic mass is 19.3. The summed E-state index contributed by atoms with van der Waals surface area (Å²) in [6.45, 7) is 1.95. The number of hydrogen-bond donors (Lipinski definition) is 1. The molecule has 6 rings (SSSR count). The van der Waals surface area contributed by atoms with Gasteiger partial charge in [0.05, 0.1) is 48.0 Å². The van der Waals surface area contributed by atoms with Crippen LogP contribution in [0.5, 0.6) is 5.88 Å². The lowest BCUT2D eigenvalue weighted by atomic mass is 9.91. The minimum atomic E-state index is -3.13. The number of hydrogen-bond acceptors (Lipinski definition) is 8. The first-order valence-electron chi connectivity index (χ1n) is 13.5. The maximum absolute atomic E-state index is 15.2. The number of halogens is 4. The molecule has 2 saturated heterocycles. The summed E-state index contributed by atoms with van der Waals surface area (Å²) in [7, 11) is -2.91. The van der Waals surface area contributed by atoms with Crippen molar-refractivity contribution in [2.45, 2.75) is 43.8 Å². The second-order valence-corrected chi connectivity index (χ2v) is 9.89. The van der Waals surface area contributed by atoms with Gasteiger partial charge in [-0.2, -0.15) is 4.98 Å². The van der Waals surface area contributed by atoms with Gasteiger partial charge in [0.15, 0.2) is 0 Å². The van der Waals surface area contributed by atoms with Gasteiger partial charge in [-0.1, -0.05) is 11.3 Å². The Bertz CT molecular complexity index is 1590. The molecule has 38 heavy (non-hydrogen) atoms. The highest BCUT2D eigenvalue weighted by Crippen LogP contribution is 2.37. The van der Waals surface area contributed by atoms with Crippen molar-refractivity contribution in [1.82, 2.24) is 34.5 Å². The molecule has 14 heteroatoms. The molecule has 2 aliphatic rings. The van der Waals surface area contributed by atoms with Crippen molar-refractivity contribution in [2.75, 3.05) is 38.7 Å². The molecule has 202 valence electrons. The van der Waals surface area contributed by atoms with Gasteiger partial charge < -0.3 is 14.8 Å². The van der Waals surface area contributed by atoms with Crippen molar-refractivity contribution in [2.24, 2.45) is 0 Å². The van der Waals surface area contributed by atoms with Gasteiger partial charge in [-0.25, -0.2) is 26.8 Å². The molecule has 0 amide bonds. The second-order valence-electron chi connectivity index (χ2n) is 9.89. The zero-order chi connectivity index (χ0) is 29.2. The zero-order valence-corrected chi connectivity index (χ0v) is 20.2. The fourth-order valence-corrected chi connectivity index (χ4v) is 5.07. The van der Waals surface area contributed by atoms with E-state index in [0.29, 0.717) is 41.9 Å². The number of nitrogens with one attached hydrogen (secondary N) is 1. The van der Waals surface area contributed by atoms with Crippen LogP contribution >= 0.6 is 0 Å². The van der Waals surface area contributed by atoms with E-state index in [1.807, 2.05) is 6.92 Å². The summed E-state index contributed by atoms with van der Waals surface area (Å²) in [5.74, 6) is -3.72. The topological polar surface area (TPSA) is 94.6 Å². The van der Waals surface area contributed by atoms with E-state index in [4.69, 9.17) is 13.6 Å². The van der Waals surface area contributed by atoms with Crippen molar-refractivity contribution >= 4 is 22.5 Å². The number of nitrogens with zero attached hydrogens (tertiary/aromatic N) is 7. The Morgan fingerprint density at radius 3 is 2.84 bits per heavy atom. The predicted octanol–water partition coefficient (Wildman–Crippen LogP) is 3.33. The molecular formula is C24H26F4N8O2. The van der Waals surface area contributed by atoms with Crippen molar-refractivity contribution in [3.63, 3.8) is 0 Å². The van der Waals surface area contributed by atoms with Crippen molar-refractivity contribution in [3.05, 3.63) is 30.5 Å². The van der Waals surface area contributed by atoms with Gasteiger partial charge in [0.2, 0.25) is 11.8 Å². The van der Waals surface area contributed by atoms with Crippen LogP contribution in [-0.4, -0.2) is 91.8 Å². The second kappa shape index (κ2) is 9.05. The maximum atomic E-state index is 15.2. The minimum absolute atomic E-state index is 0.0940. The summed E-state index contributed by atoms with van der Waals surface area (Å²) in [6, 6.07) is 5.14. The highest BCUT2D eigenvalue weighted by Gasteiger charge is 2.51. The summed E-state index contributed by atoms with van der Waals surface area (Å²) < 4.78 is 92.2. The van der Waals surface area contributed by atoms with Crippen LogP contribution in [0.4, 0.5) is 23.5 Å². The van der Waals surface area contributed by atoms with Crippen LogP contribution in [-0.2, 0) is 11.3 Å². The molecule has 0 bridgehead atoms. The van der Waals surface area contributed by atoms with Crippen LogP contribution in [0, 0.1) is 0 Å². The van der Waals surface area contributed by atoms with Gasteiger partial charge in [0, 0.05) is 18.3 Å². The van der Waals surface area contributed by atoms with Crippen LogP contribution in [0.2, 0.25) is 0 Å². The average Bonchev–Trinajstić information content (AvgIpc) is 3.46. The predicted molar refractivity (Wildman–Crippen MR) is 130 cm³/mol. The molecule has 1 aromatic carbocycles. The third kappa shape index (κ3) is 4.21. The van der Waals surface area contributed by atoms with Crippen molar-refractivity contribution in [3.8, 4) is 17.0 Å². The molecule has 0 saturated carbocycles. The fourth-order valence-electron chi connectivity index (χ4n) is 5.07. The number of piperidine rings is 1. The van der Waals surface area contributed by atoms with Gasteiger partial charge in [0.1, 0.15) is 17.6 Å². The number of ether oxygens (including phenoxy) is 2. The molecular weight excluding hydrogens is 508 g/mol. The lowest BCUT2D eigenvalue weighted by Gasteiger charge is -2.51. The monoisotopic (exact) mass is 537 g/mol. The van der Waals surface area contributed by atoms with E-state index in [2.05, 4.69) is 25.7 Å². The summed E-state index contributed by atoms with van der Waals surface area (Å²) in [5.41, 5.74) is 1.39. The van der Waals surface area contributed by atoms with E-state index in [0.717, 1.165) is 4.68 Å². The molecule has 4 aromatic rings. The van der Waals surface area contributed by atoms with Gasteiger partial charge in [0.25, 0.3) is 12.3 Å². The number of rotatable bonds is 7. The van der Waals surface area contributed by atoms with Crippen molar-refractivity contribution < 1.29 is 31.1 Å². The number of anilines is 1. The lowest BCUT2D eigenvalue weighted by Crippen LogP contribution is -2.67. The average molecular weight is 538 g/mol. The molecule has 1 atom stereocenters. The molecule has 0 aliphatic carbocycles. The van der Waals surface area contributed by atoms with E-state index in [1.165, 1.54) is 10.7 Å². The van der Waals surface area contributed by atoms with E-state index in [-0.39, 0.29) is 23.8 Å². The molecule has 0 radical (unpaired) electrons. The Kier molecular flexibility index (Phi) is 5.10. The number of alkyl halides is 4. The summed E-state index contributed by atoms with van der Waals surface area (Å²) in [4.78, 5) is 5.91. The highest BCUT2D eigenvalue weighted by molar-refractivity contribution is 5.89. The van der Waals surface area contributed by atoms with E-state index >= 15 is 8.78 Å². The Morgan fingerprint density at radius 2 is 2.13 bits per heavy atom. The van der Waals surface area contributed by atoms with Crippen molar-refractivity contribution in [1.29, 1.82) is 0 Å². The molecule has 10 nitrogen and oxygen atoms in total. The maximum Gasteiger partial charge on any atom is 0.280 e. The number of aromatic nitrogens is 6. The normalized spacial score (nSPS) is 22.7. The Morgan fingerprint density at radius 1 is 1.29 bits per heavy atom. The number of benzene rings is 1. The van der Waals surface area contributed by atoms with Gasteiger partial charge in [-0.3, -0.25) is 4.90 Å². The number of likely N-dealkylation sites (tertiary alicyclic amines) is 1. The number of fused-ring (bicyclic) bond motifs is 2. The van der Waals surface area contributed by atoms with E-state index in [1.54, 1.807) is 29.2 Å².